The maximum atomic E-state index is 12.1. The molecular weight excluding hydrogens is 282 g/mol. The molecule has 3 N–H and O–H groups in total. The molecule has 21 heavy (non-hydrogen) atoms. The van der Waals surface area contributed by atoms with E-state index in [9.17, 15) is 4.79 Å². The molecule has 1 aromatic rings. The monoisotopic (exact) mass is 305 g/mol. The van der Waals surface area contributed by atoms with E-state index in [1.54, 1.807) is 0 Å². The Morgan fingerprint density at radius 3 is 2.76 bits per heavy atom. The summed E-state index contributed by atoms with van der Waals surface area (Å²) in [6, 6.07) is 7.91. The molecule has 1 aromatic carbocycles. The number of anilines is 1. The van der Waals surface area contributed by atoms with Gasteiger partial charge in [-0.2, -0.15) is 0 Å². The summed E-state index contributed by atoms with van der Waals surface area (Å²) in [7, 11) is 2.08. The number of thiocarbonyl (C=S) groups is 1. The summed E-state index contributed by atoms with van der Waals surface area (Å²) in [6.45, 7) is 3.00. The average Bonchev–Trinajstić information content (AvgIpc) is 3.29. The number of benzene rings is 1. The van der Waals surface area contributed by atoms with Gasteiger partial charge in [0.2, 0.25) is 5.91 Å². The van der Waals surface area contributed by atoms with Crippen LogP contribution in [0.5, 0.6) is 0 Å². The SMILES string of the molecule is CC(C1CC1)N(C)CCC(=O)Nc1ccccc1C(N)=S. The summed E-state index contributed by atoms with van der Waals surface area (Å²) in [5.41, 5.74) is 7.06. The molecule has 0 heterocycles. The van der Waals surface area contributed by atoms with E-state index in [-0.39, 0.29) is 5.91 Å². The zero-order valence-electron chi connectivity index (χ0n) is 12.6. The Labute approximate surface area is 131 Å². The van der Waals surface area contributed by atoms with E-state index in [4.69, 9.17) is 18.0 Å². The molecular formula is C16H23N3OS. The predicted molar refractivity (Wildman–Crippen MR) is 90.4 cm³/mol. The van der Waals surface area contributed by atoms with Gasteiger partial charge in [0, 0.05) is 24.6 Å². The minimum absolute atomic E-state index is 0.00598. The smallest absolute Gasteiger partial charge is 0.225 e. The largest absolute Gasteiger partial charge is 0.389 e. The van der Waals surface area contributed by atoms with Crippen LogP contribution in [-0.2, 0) is 4.79 Å². The number of rotatable bonds is 7. The van der Waals surface area contributed by atoms with Gasteiger partial charge in [0.15, 0.2) is 0 Å². The fourth-order valence-electron chi connectivity index (χ4n) is 2.44. The number of para-hydroxylation sites is 1. The van der Waals surface area contributed by atoms with Crippen LogP contribution in [0.2, 0.25) is 0 Å². The number of nitrogens with one attached hydrogen (secondary N) is 1. The van der Waals surface area contributed by atoms with Crippen LogP contribution in [0.1, 0.15) is 31.7 Å². The summed E-state index contributed by atoms with van der Waals surface area (Å²) in [6.07, 6.45) is 3.11. The molecule has 1 saturated carbocycles. The van der Waals surface area contributed by atoms with E-state index in [2.05, 4.69) is 24.2 Å². The topological polar surface area (TPSA) is 58.4 Å². The molecule has 5 heteroatoms. The second kappa shape index (κ2) is 7.00. The van der Waals surface area contributed by atoms with Crippen LogP contribution in [0.3, 0.4) is 0 Å². The second-order valence-electron chi connectivity index (χ2n) is 5.77. The Morgan fingerprint density at radius 2 is 2.14 bits per heavy atom. The zero-order chi connectivity index (χ0) is 15.4. The lowest BCUT2D eigenvalue weighted by Crippen LogP contribution is -2.33. The molecule has 0 spiro atoms. The zero-order valence-corrected chi connectivity index (χ0v) is 13.5. The highest BCUT2D eigenvalue weighted by molar-refractivity contribution is 7.80. The van der Waals surface area contributed by atoms with Gasteiger partial charge < -0.3 is 16.0 Å². The van der Waals surface area contributed by atoms with Crippen molar-refractivity contribution in [2.24, 2.45) is 11.7 Å². The Bertz CT molecular complexity index is 528. The molecule has 1 atom stereocenters. The molecule has 0 bridgehead atoms. The van der Waals surface area contributed by atoms with Crippen LogP contribution in [0.15, 0.2) is 24.3 Å². The van der Waals surface area contributed by atoms with Crippen LogP contribution in [0, 0.1) is 5.92 Å². The Morgan fingerprint density at radius 1 is 1.48 bits per heavy atom. The van der Waals surface area contributed by atoms with Crippen molar-refractivity contribution < 1.29 is 4.79 Å². The molecule has 1 aliphatic carbocycles. The Kier molecular flexibility index (Phi) is 5.31. The first-order chi connectivity index (χ1) is 9.99. The van der Waals surface area contributed by atoms with Gasteiger partial charge in [-0.25, -0.2) is 0 Å². The van der Waals surface area contributed by atoms with E-state index in [1.165, 1.54) is 12.8 Å². The second-order valence-corrected chi connectivity index (χ2v) is 6.21. The minimum Gasteiger partial charge on any atom is -0.389 e. The normalized spacial score (nSPS) is 15.8. The van der Waals surface area contributed by atoms with E-state index in [0.29, 0.717) is 28.7 Å². The first-order valence-electron chi connectivity index (χ1n) is 7.38. The van der Waals surface area contributed by atoms with Crippen molar-refractivity contribution in [2.45, 2.75) is 32.2 Å². The maximum absolute atomic E-state index is 12.1. The molecule has 1 aliphatic rings. The summed E-state index contributed by atoms with van der Waals surface area (Å²) in [4.78, 5) is 14.6. The summed E-state index contributed by atoms with van der Waals surface area (Å²) < 4.78 is 0. The molecule has 1 unspecified atom stereocenters. The fourth-order valence-corrected chi connectivity index (χ4v) is 2.62. The van der Waals surface area contributed by atoms with Gasteiger partial charge in [-0.3, -0.25) is 4.79 Å². The average molecular weight is 305 g/mol. The standard InChI is InChI=1S/C16H23N3OS/c1-11(12-7-8-12)19(2)10-9-15(20)18-14-6-4-3-5-13(14)16(17)21/h3-6,11-12H,7-10H2,1-2H3,(H2,17,21)(H,18,20). The molecule has 0 aromatic heterocycles. The minimum atomic E-state index is -0.00598. The highest BCUT2D eigenvalue weighted by atomic mass is 32.1. The van der Waals surface area contributed by atoms with Gasteiger partial charge in [-0.15, -0.1) is 0 Å². The number of nitrogens with two attached hydrogens (primary N) is 1. The van der Waals surface area contributed by atoms with Crippen LogP contribution in [0.25, 0.3) is 0 Å². The van der Waals surface area contributed by atoms with Crippen LogP contribution < -0.4 is 11.1 Å². The molecule has 0 aliphatic heterocycles. The lowest BCUT2D eigenvalue weighted by Gasteiger charge is -2.24. The molecule has 1 amide bonds. The first kappa shape index (κ1) is 15.9. The van der Waals surface area contributed by atoms with E-state index in [0.717, 1.165) is 12.5 Å². The maximum Gasteiger partial charge on any atom is 0.225 e. The number of hydrogen-bond donors (Lipinski definition) is 2. The predicted octanol–water partition coefficient (Wildman–Crippen LogP) is 2.38. The third kappa shape index (κ3) is 4.51. The van der Waals surface area contributed by atoms with Gasteiger partial charge >= 0.3 is 0 Å². The van der Waals surface area contributed by atoms with Crippen molar-refractivity contribution in [2.75, 3.05) is 18.9 Å². The van der Waals surface area contributed by atoms with Gasteiger partial charge in [-0.05, 0) is 44.9 Å². The molecule has 114 valence electrons. The lowest BCUT2D eigenvalue weighted by atomic mass is 10.1. The number of carbonyl (C=O) groups excluding carboxylic acids is 1. The Hall–Kier alpha value is -1.46. The number of carbonyl (C=O) groups is 1. The molecule has 4 nitrogen and oxygen atoms in total. The van der Waals surface area contributed by atoms with Gasteiger partial charge in [0.25, 0.3) is 0 Å². The Balaban J connectivity index is 1.85. The van der Waals surface area contributed by atoms with Crippen molar-refractivity contribution in [3.8, 4) is 0 Å². The van der Waals surface area contributed by atoms with Gasteiger partial charge in [0.1, 0.15) is 4.99 Å². The number of nitrogens with zero attached hydrogens (tertiary/aromatic N) is 1. The summed E-state index contributed by atoms with van der Waals surface area (Å²) in [5.74, 6) is 0.807. The first-order valence-corrected chi connectivity index (χ1v) is 7.78. The van der Waals surface area contributed by atoms with Gasteiger partial charge in [0.05, 0.1) is 5.69 Å². The number of hydrogen-bond acceptors (Lipinski definition) is 3. The van der Waals surface area contributed by atoms with Crippen LogP contribution in [0.4, 0.5) is 5.69 Å². The van der Waals surface area contributed by atoms with Crippen molar-refractivity contribution in [1.82, 2.24) is 4.90 Å². The molecule has 1 fully saturated rings. The van der Waals surface area contributed by atoms with Gasteiger partial charge in [-0.1, -0.05) is 24.4 Å². The fraction of sp³-hybridized carbons (Fsp3) is 0.500. The van der Waals surface area contributed by atoms with Crippen molar-refractivity contribution in [1.29, 1.82) is 0 Å². The van der Waals surface area contributed by atoms with E-state index >= 15 is 0 Å². The van der Waals surface area contributed by atoms with E-state index < -0.39 is 0 Å². The third-order valence-electron chi connectivity index (χ3n) is 4.16. The van der Waals surface area contributed by atoms with Crippen LogP contribution in [-0.4, -0.2) is 35.4 Å². The molecule has 0 radical (unpaired) electrons. The van der Waals surface area contributed by atoms with Crippen molar-refractivity contribution >= 4 is 28.8 Å². The van der Waals surface area contributed by atoms with E-state index in [1.807, 2.05) is 24.3 Å². The van der Waals surface area contributed by atoms with Crippen molar-refractivity contribution in [3.63, 3.8) is 0 Å². The third-order valence-corrected chi connectivity index (χ3v) is 4.38. The highest BCUT2D eigenvalue weighted by Gasteiger charge is 2.30. The summed E-state index contributed by atoms with van der Waals surface area (Å²) >= 11 is 5.00. The molecule has 2 rings (SSSR count). The van der Waals surface area contributed by atoms with Crippen LogP contribution >= 0.6 is 12.2 Å². The number of amides is 1. The summed E-state index contributed by atoms with van der Waals surface area (Å²) in [5, 5.41) is 2.90. The van der Waals surface area contributed by atoms with Crippen molar-refractivity contribution in [3.05, 3.63) is 29.8 Å². The lowest BCUT2D eigenvalue weighted by molar-refractivity contribution is -0.116. The molecule has 0 saturated heterocycles. The quantitative estimate of drug-likeness (QED) is 0.759. The highest BCUT2D eigenvalue weighted by Crippen LogP contribution is 2.34.